The molecule has 68 valence electrons. The van der Waals surface area contributed by atoms with Crippen molar-refractivity contribution in [3.63, 3.8) is 0 Å². The Bertz CT molecular complexity index is 302. The van der Waals surface area contributed by atoms with E-state index in [2.05, 4.69) is 10.3 Å². The van der Waals surface area contributed by atoms with Gasteiger partial charge >= 0.3 is 0 Å². The first-order valence-electron chi connectivity index (χ1n) is 4.00. The number of nitriles is 1. The van der Waals surface area contributed by atoms with Crippen LogP contribution >= 0.6 is 0 Å². The van der Waals surface area contributed by atoms with Crippen molar-refractivity contribution in [3.8, 4) is 6.07 Å². The second-order valence-electron chi connectivity index (χ2n) is 2.77. The lowest BCUT2D eigenvalue weighted by Gasteiger charge is -2.10. The molecule has 0 amide bonds. The average Bonchev–Trinajstić information content (AvgIpc) is 2.19. The van der Waals surface area contributed by atoms with Gasteiger partial charge in [0, 0.05) is 12.2 Å². The van der Waals surface area contributed by atoms with Gasteiger partial charge in [-0.2, -0.15) is 5.26 Å². The van der Waals surface area contributed by atoms with Gasteiger partial charge in [0.1, 0.15) is 11.9 Å². The van der Waals surface area contributed by atoms with Gasteiger partial charge in [-0.15, -0.1) is 0 Å². The normalized spacial score (nSPS) is 11.8. The quantitative estimate of drug-likeness (QED) is 0.714. The summed E-state index contributed by atoms with van der Waals surface area (Å²) in [6, 6.07) is 5.35. The third-order valence-corrected chi connectivity index (χ3v) is 1.56. The third-order valence-electron chi connectivity index (χ3n) is 1.56. The van der Waals surface area contributed by atoms with Gasteiger partial charge in [-0.25, -0.2) is 4.98 Å². The first-order valence-corrected chi connectivity index (χ1v) is 4.00. The molecule has 0 bridgehead atoms. The highest BCUT2D eigenvalue weighted by Gasteiger charge is 1.99. The van der Waals surface area contributed by atoms with Crippen LogP contribution in [0.2, 0.25) is 0 Å². The van der Waals surface area contributed by atoms with E-state index >= 15 is 0 Å². The Hall–Kier alpha value is -1.60. The Kier molecular flexibility index (Phi) is 3.23. The minimum absolute atomic E-state index is 0.0274. The monoisotopic (exact) mass is 177 g/mol. The Morgan fingerprint density at radius 3 is 2.92 bits per heavy atom. The van der Waals surface area contributed by atoms with E-state index in [9.17, 15) is 0 Å². The second-order valence-corrected chi connectivity index (χ2v) is 2.77. The van der Waals surface area contributed by atoms with Crippen molar-refractivity contribution in [2.45, 2.75) is 13.0 Å². The van der Waals surface area contributed by atoms with Gasteiger partial charge < -0.3 is 10.4 Å². The van der Waals surface area contributed by atoms with Gasteiger partial charge in [0.2, 0.25) is 0 Å². The number of nitrogens with zero attached hydrogens (tertiary/aromatic N) is 2. The molecule has 1 rings (SSSR count). The lowest BCUT2D eigenvalue weighted by Crippen LogP contribution is -2.19. The van der Waals surface area contributed by atoms with Gasteiger partial charge in [0.25, 0.3) is 0 Å². The molecule has 0 aliphatic heterocycles. The molecule has 1 aromatic rings. The molecule has 4 heteroatoms. The van der Waals surface area contributed by atoms with Crippen LogP contribution in [0.3, 0.4) is 0 Å². The molecule has 4 nitrogen and oxygen atoms in total. The zero-order chi connectivity index (χ0) is 9.68. The molecule has 1 aromatic heterocycles. The van der Waals surface area contributed by atoms with Crippen LogP contribution in [0.25, 0.3) is 0 Å². The standard InChI is InChI=1S/C9H11N3O/c1-7(6-13)12-9-3-2-8(4-10)5-11-9/h2-3,5,7,13H,6H2,1H3,(H,11,12)/t7-/m0/s1. The van der Waals surface area contributed by atoms with E-state index in [1.807, 2.05) is 13.0 Å². The summed E-state index contributed by atoms with van der Waals surface area (Å²) < 4.78 is 0. The van der Waals surface area contributed by atoms with E-state index in [-0.39, 0.29) is 12.6 Å². The number of aliphatic hydroxyl groups excluding tert-OH is 1. The first kappa shape index (κ1) is 9.49. The zero-order valence-corrected chi connectivity index (χ0v) is 7.36. The lowest BCUT2D eigenvalue weighted by atomic mass is 10.3. The van der Waals surface area contributed by atoms with Crippen molar-refractivity contribution in [3.05, 3.63) is 23.9 Å². The van der Waals surface area contributed by atoms with Crippen molar-refractivity contribution < 1.29 is 5.11 Å². The van der Waals surface area contributed by atoms with Crippen LogP contribution in [-0.2, 0) is 0 Å². The molecular weight excluding hydrogens is 166 g/mol. The molecule has 0 aromatic carbocycles. The summed E-state index contributed by atoms with van der Waals surface area (Å²) in [5.74, 6) is 0.667. The van der Waals surface area contributed by atoms with Gasteiger partial charge in [-0.05, 0) is 19.1 Å². The predicted molar refractivity (Wildman–Crippen MR) is 49.1 cm³/mol. The predicted octanol–water partition coefficient (Wildman–Crippen LogP) is 0.746. The third kappa shape index (κ3) is 2.73. The molecule has 0 saturated heterocycles. The van der Waals surface area contributed by atoms with Gasteiger partial charge in [-0.1, -0.05) is 0 Å². The fraction of sp³-hybridized carbons (Fsp3) is 0.333. The molecule has 0 saturated carbocycles. The molecule has 0 aliphatic rings. The number of aliphatic hydroxyl groups is 1. The molecule has 1 heterocycles. The van der Waals surface area contributed by atoms with Gasteiger partial charge in [-0.3, -0.25) is 0 Å². The van der Waals surface area contributed by atoms with Crippen molar-refractivity contribution in [2.75, 3.05) is 11.9 Å². The molecule has 0 radical (unpaired) electrons. The molecular formula is C9H11N3O. The average molecular weight is 177 g/mol. The van der Waals surface area contributed by atoms with Crippen LogP contribution in [0.4, 0.5) is 5.82 Å². The fourth-order valence-electron chi connectivity index (χ4n) is 0.843. The molecule has 1 atom stereocenters. The van der Waals surface area contributed by atoms with Crippen LogP contribution in [0.15, 0.2) is 18.3 Å². The Labute approximate surface area is 76.8 Å². The maximum Gasteiger partial charge on any atom is 0.126 e. The highest BCUT2D eigenvalue weighted by molar-refractivity contribution is 5.39. The zero-order valence-electron chi connectivity index (χ0n) is 7.36. The highest BCUT2D eigenvalue weighted by Crippen LogP contribution is 2.05. The van der Waals surface area contributed by atoms with Crippen LogP contribution in [0.1, 0.15) is 12.5 Å². The smallest absolute Gasteiger partial charge is 0.126 e. The fourth-order valence-corrected chi connectivity index (χ4v) is 0.843. The maximum atomic E-state index is 8.75. The molecule has 13 heavy (non-hydrogen) atoms. The molecule has 0 fully saturated rings. The van der Waals surface area contributed by atoms with E-state index in [0.29, 0.717) is 11.4 Å². The topological polar surface area (TPSA) is 68.9 Å². The Morgan fingerprint density at radius 1 is 1.69 bits per heavy atom. The summed E-state index contributed by atoms with van der Waals surface area (Å²) >= 11 is 0. The number of pyridine rings is 1. The van der Waals surface area contributed by atoms with E-state index in [4.69, 9.17) is 10.4 Å². The van der Waals surface area contributed by atoms with Crippen molar-refractivity contribution in [1.29, 1.82) is 5.26 Å². The van der Waals surface area contributed by atoms with E-state index in [0.717, 1.165) is 0 Å². The summed E-state index contributed by atoms with van der Waals surface area (Å²) in [5.41, 5.74) is 0.530. The molecule has 0 spiro atoms. The van der Waals surface area contributed by atoms with Crippen LogP contribution < -0.4 is 5.32 Å². The number of hydrogen-bond donors (Lipinski definition) is 2. The lowest BCUT2D eigenvalue weighted by molar-refractivity contribution is 0.281. The molecule has 0 unspecified atom stereocenters. The minimum atomic E-state index is -0.0274. The van der Waals surface area contributed by atoms with E-state index < -0.39 is 0 Å². The van der Waals surface area contributed by atoms with E-state index in [1.54, 1.807) is 12.1 Å². The summed E-state index contributed by atoms with van der Waals surface area (Å²) in [6.07, 6.45) is 1.49. The highest BCUT2D eigenvalue weighted by atomic mass is 16.3. The number of nitrogens with one attached hydrogen (secondary N) is 1. The summed E-state index contributed by atoms with van der Waals surface area (Å²) in [6.45, 7) is 1.90. The summed E-state index contributed by atoms with van der Waals surface area (Å²) in [5, 5.41) is 20.2. The number of hydrogen-bond acceptors (Lipinski definition) is 4. The SMILES string of the molecule is C[C@@H](CO)Nc1ccc(C#N)cn1. The number of aromatic nitrogens is 1. The Balaban J connectivity index is 2.65. The second kappa shape index (κ2) is 4.43. The van der Waals surface area contributed by atoms with Crippen molar-refractivity contribution >= 4 is 5.82 Å². The van der Waals surface area contributed by atoms with Gasteiger partial charge in [0.05, 0.1) is 12.2 Å². The molecule has 2 N–H and O–H groups in total. The Morgan fingerprint density at radius 2 is 2.46 bits per heavy atom. The summed E-state index contributed by atoms with van der Waals surface area (Å²) in [7, 11) is 0. The van der Waals surface area contributed by atoms with Gasteiger partial charge in [0.15, 0.2) is 0 Å². The van der Waals surface area contributed by atoms with Crippen LogP contribution in [-0.4, -0.2) is 22.7 Å². The largest absolute Gasteiger partial charge is 0.394 e. The van der Waals surface area contributed by atoms with Crippen LogP contribution in [0.5, 0.6) is 0 Å². The van der Waals surface area contributed by atoms with Crippen LogP contribution in [0, 0.1) is 11.3 Å². The number of anilines is 1. The number of rotatable bonds is 3. The van der Waals surface area contributed by atoms with Crippen molar-refractivity contribution in [1.82, 2.24) is 4.98 Å². The first-order chi connectivity index (χ1) is 6.26. The van der Waals surface area contributed by atoms with E-state index in [1.165, 1.54) is 6.20 Å². The van der Waals surface area contributed by atoms with Crippen molar-refractivity contribution in [2.24, 2.45) is 0 Å². The summed E-state index contributed by atoms with van der Waals surface area (Å²) in [4.78, 5) is 3.99. The minimum Gasteiger partial charge on any atom is -0.394 e. The maximum absolute atomic E-state index is 8.75. The molecule has 0 aliphatic carbocycles.